The molecule has 6 unspecified atom stereocenters. The lowest BCUT2D eigenvalue weighted by atomic mass is 9.89. The number of amides is 4. The molecule has 1 aromatic carbocycles. The summed E-state index contributed by atoms with van der Waals surface area (Å²) in [5, 5.41) is 29.7. The first kappa shape index (κ1) is 48.0. The Bertz CT molecular complexity index is 1810. The Balaban J connectivity index is 2.09. The summed E-state index contributed by atoms with van der Waals surface area (Å²) in [6.07, 6.45) is 12.1. The summed E-state index contributed by atoms with van der Waals surface area (Å²) in [7, 11) is 2.84. The minimum absolute atomic E-state index is 0.0171. The molecule has 2 heterocycles. The van der Waals surface area contributed by atoms with E-state index >= 15 is 0 Å². The average Bonchev–Trinajstić information content (AvgIpc) is 3.18. The Hall–Kier alpha value is -5.38. The molecule has 6 atom stereocenters. The van der Waals surface area contributed by atoms with Crippen LogP contribution in [0.15, 0.2) is 78.0 Å². The third-order valence-corrected chi connectivity index (χ3v) is 10.2. The van der Waals surface area contributed by atoms with E-state index in [2.05, 4.69) is 16.1 Å². The Morgan fingerprint density at radius 1 is 1.05 bits per heavy atom. The lowest BCUT2D eigenvalue weighted by molar-refractivity contribution is -0.162. The van der Waals surface area contributed by atoms with E-state index in [1.807, 2.05) is 0 Å². The van der Waals surface area contributed by atoms with E-state index in [-0.39, 0.29) is 43.8 Å². The summed E-state index contributed by atoms with van der Waals surface area (Å²) in [5.74, 6) is -4.56. The van der Waals surface area contributed by atoms with Crippen LogP contribution in [0.1, 0.15) is 77.8 Å². The number of hydrazine groups is 1. The fraction of sp³-hybridized carbons (Fsp3) is 0.500. The van der Waals surface area contributed by atoms with Crippen molar-refractivity contribution in [2.75, 3.05) is 20.7 Å². The molecule has 4 amide bonds. The third-order valence-electron chi connectivity index (χ3n) is 10.2. The number of hydrogen-bond acceptors (Lipinski definition) is 11. The number of Topliss-reactive ketones (excluding diaryl/α,β-unsaturated/α-hetero) is 1. The number of aliphatic hydroxyl groups excluding tert-OH is 1. The van der Waals surface area contributed by atoms with Gasteiger partial charge in [0.2, 0.25) is 11.8 Å². The van der Waals surface area contributed by atoms with Gasteiger partial charge in [0, 0.05) is 38.9 Å². The van der Waals surface area contributed by atoms with Crippen molar-refractivity contribution in [2.45, 2.75) is 110 Å². The van der Waals surface area contributed by atoms with Crippen molar-refractivity contribution in [1.82, 2.24) is 26.1 Å². The highest BCUT2D eigenvalue weighted by molar-refractivity contribution is 5.93. The molecule has 15 nitrogen and oxygen atoms in total. The van der Waals surface area contributed by atoms with E-state index in [1.165, 1.54) is 44.3 Å². The number of carbonyl (C=O) groups is 6. The molecule has 0 aliphatic carbocycles. The van der Waals surface area contributed by atoms with Crippen molar-refractivity contribution in [3.8, 4) is 5.75 Å². The van der Waals surface area contributed by atoms with Crippen molar-refractivity contribution < 1.29 is 48.6 Å². The van der Waals surface area contributed by atoms with Crippen LogP contribution < -0.4 is 16.1 Å². The smallest absolute Gasteiger partial charge is 0.325 e. The zero-order chi connectivity index (χ0) is 43.8. The number of likely N-dealkylation sites (N-methyl/N-ethyl adjacent to an activating group) is 1. The molecule has 15 heteroatoms. The summed E-state index contributed by atoms with van der Waals surface area (Å²) >= 11 is 0. The predicted molar refractivity (Wildman–Crippen MR) is 222 cm³/mol. The van der Waals surface area contributed by atoms with Gasteiger partial charge in [-0.3, -0.25) is 33.8 Å². The summed E-state index contributed by atoms with van der Waals surface area (Å²) in [6, 6.07) is 1.59. The molecule has 0 radical (unpaired) electrons. The number of fused-ring (bicyclic) bond motifs is 2. The monoisotopic (exact) mass is 819 g/mol. The summed E-state index contributed by atoms with van der Waals surface area (Å²) in [6.45, 7) is 10.3. The van der Waals surface area contributed by atoms with E-state index in [0.717, 1.165) is 10.6 Å². The Morgan fingerprint density at radius 3 is 2.44 bits per heavy atom. The second-order valence-electron chi connectivity index (χ2n) is 15.5. The molecule has 59 heavy (non-hydrogen) atoms. The van der Waals surface area contributed by atoms with Gasteiger partial charge in [-0.25, -0.2) is 10.5 Å². The number of hydroxylamine groups is 2. The van der Waals surface area contributed by atoms with Gasteiger partial charge in [-0.15, -0.1) is 0 Å². The predicted octanol–water partition coefficient (Wildman–Crippen LogP) is 3.61. The van der Waals surface area contributed by atoms with Crippen molar-refractivity contribution in [1.29, 1.82) is 0 Å². The molecule has 1 fully saturated rings. The average molecular weight is 820 g/mol. The van der Waals surface area contributed by atoms with Crippen LogP contribution in [0.2, 0.25) is 0 Å². The minimum atomic E-state index is -1.29. The molecule has 1 aromatic rings. The summed E-state index contributed by atoms with van der Waals surface area (Å²) in [5.41, 5.74) is 5.38. The first-order valence-corrected chi connectivity index (χ1v) is 19.9. The van der Waals surface area contributed by atoms with Crippen molar-refractivity contribution in [3.63, 3.8) is 0 Å². The normalized spacial score (nSPS) is 24.5. The van der Waals surface area contributed by atoms with Gasteiger partial charge in [-0.05, 0) is 87.3 Å². The van der Waals surface area contributed by atoms with Crippen molar-refractivity contribution in [3.05, 3.63) is 89.1 Å². The van der Waals surface area contributed by atoms with Crippen LogP contribution in [-0.2, 0) is 44.8 Å². The number of aryl methyl sites for hydroxylation is 1. The molecule has 0 aromatic heterocycles. The van der Waals surface area contributed by atoms with Gasteiger partial charge < -0.3 is 30.4 Å². The van der Waals surface area contributed by atoms with E-state index in [1.54, 1.807) is 83.2 Å². The SMILES string of the molecule is CON(C)C(=O)C=CC=C(C)C1CC=CC=CC=C(C)C(O)C(CCC(C)=O)C(=O)NC(C(C)C)C(=O)NC(Cc2cc(C)cc(O)c2)C(=O)N2CCCC(N2)C(=O)O1. The number of hydrogen-bond donors (Lipinski definition) is 5. The maximum Gasteiger partial charge on any atom is 0.325 e. The van der Waals surface area contributed by atoms with Crippen molar-refractivity contribution >= 4 is 35.4 Å². The van der Waals surface area contributed by atoms with E-state index in [9.17, 15) is 39.0 Å². The van der Waals surface area contributed by atoms with Crippen LogP contribution in [0.4, 0.5) is 0 Å². The topological polar surface area (TPSA) is 204 Å². The maximum absolute atomic E-state index is 14.4. The first-order chi connectivity index (χ1) is 27.9. The highest BCUT2D eigenvalue weighted by Gasteiger charge is 2.37. The molecule has 3 rings (SSSR count). The molecule has 0 spiro atoms. The number of esters is 1. The van der Waals surface area contributed by atoms with Gasteiger partial charge in [0.05, 0.1) is 19.1 Å². The summed E-state index contributed by atoms with van der Waals surface area (Å²) in [4.78, 5) is 85.3. The number of aromatic hydroxyl groups is 1. The molecule has 322 valence electrons. The second kappa shape index (κ2) is 23.3. The first-order valence-electron chi connectivity index (χ1n) is 19.9. The van der Waals surface area contributed by atoms with Crippen LogP contribution in [-0.4, -0.2) is 107 Å². The number of nitrogens with zero attached hydrogens (tertiary/aromatic N) is 2. The second-order valence-corrected chi connectivity index (χ2v) is 15.5. The number of phenols is 1. The fourth-order valence-electron chi connectivity index (χ4n) is 6.65. The van der Waals surface area contributed by atoms with E-state index < -0.39 is 71.8 Å². The lowest BCUT2D eigenvalue weighted by Crippen LogP contribution is -2.62. The zero-order valence-electron chi connectivity index (χ0n) is 35.4. The van der Waals surface area contributed by atoms with Gasteiger partial charge in [-0.1, -0.05) is 62.4 Å². The number of carbonyl (C=O) groups excluding carboxylic acids is 6. The number of nitrogens with one attached hydrogen (secondary N) is 3. The molecular formula is C44H61N5O10. The van der Waals surface area contributed by atoms with Crippen LogP contribution >= 0.6 is 0 Å². The van der Waals surface area contributed by atoms with Gasteiger partial charge in [-0.2, -0.15) is 0 Å². The van der Waals surface area contributed by atoms with Gasteiger partial charge in [0.25, 0.3) is 11.8 Å². The lowest BCUT2D eigenvalue weighted by Gasteiger charge is -2.36. The number of aliphatic hydroxyl groups is 1. The number of cyclic esters (lactones) is 1. The highest BCUT2D eigenvalue weighted by Crippen LogP contribution is 2.22. The van der Waals surface area contributed by atoms with Crippen LogP contribution in [0, 0.1) is 18.8 Å². The maximum atomic E-state index is 14.4. The molecule has 5 N–H and O–H groups in total. The molecule has 1 saturated heterocycles. The zero-order valence-corrected chi connectivity index (χ0v) is 35.4. The number of benzene rings is 1. The van der Waals surface area contributed by atoms with Gasteiger partial charge in [0.15, 0.2) is 0 Å². The molecule has 2 aliphatic heterocycles. The Labute approximate surface area is 347 Å². The molecule has 0 saturated carbocycles. The Morgan fingerprint density at radius 2 is 1.78 bits per heavy atom. The summed E-state index contributed by atoms with van der Waals surface area (Å²) < 4.78 is 6.03. The van der Waals surface area contributed by atoms with Crippen LogP contribution in [0.3, 0.4) is 0 Å². The fourth-order valence-corrected chi connectivity index (χ4v) is 6.65. The minimum Gasteiger partial charge on any atom is -0.508 e. The van der Waals surface area contributed by atoms with Gasteiger partial charge >= 0.3 is 5.97 Å². The number of ketones is 1. The molecular weight excluding hydrogens is 759 g/mol. The van der Waals surface area contributed by atoms with E-state index in [0.29, 0.717) is 29.6 Å². The van der Waals surface area contributed by atoms with Crippen molar-refractivity contribution in [2.24, 2.45) is 11.8 Å². The number of phenolic OH excluding ortho intramolecular Hbond substituents is 1. The Kier molecular flexibility index (Phi) is 18.9. The third kappa shape index (κ3) is 15.1. The number of rotatable bonds is 10. The van der Waals surface area contributed by atoms with Crippen LogP contribution in [0.5, 0.6) is 5.75 Å². The van der Waals surface area contributed by atoms with E-state index in [4.69, 9.17) is 9.57 Å². The number of ether oxygens (including phenoxy) is 1. The molecule has 2 aliphatic rings. The molecule has 2 bridgehead atoms. The standard InChI is InChI=1S/C44H61N5O10/c1-27(2)39-42(55)45-36(26-32-23-28(3)24-33(51)25-32)43(56)49-22-14-17-35(47-49)44(57)59-37(29(4)16-13-19-38(52)48(7)58-8)18-12-10-9-11-15-30(5)40(53)34(41(54)46-39)21-20-31(6)50/h9-13,15-16,19,23-25,27,34-37,39-40,47,51,53H,14,17-18,20-22,26H2,1-8H3,(H,45,55)(H,46,54). The quantitative estimate of drug-likeness (QED) is 0.0999. The largest absolute Gasteiger partial charge is 0.508 e. The highest BCUT2D eigenvalue weighted by atomic mass is 16.7. The van der Waals surface area contributed by atoms with Crippen LogP contribution in [0.25, 0.3) is 0 Å². The van der Waals surface area contributed by atoms with Gasteiger partial charge in [0.1, 0.15) is 35.8 Å². The number of allylic oxidation sites excluding steroid dienone is 6.